The standard InChI is InChI=1S/C23H28N2O3/c1-27-20-10-11-22(28-2)21(14-20)24-23(26)17-12-18-8-9-19(13-17)25(18)15-16-6-4-3-5-7-16/h3-7,10-11,14,17-19H,8-9,12-13,15H2,1-2H3,(H,24,26). The summed E-state index contributed by atoms with van der Waals surface area (Å²) in [5.41, 5.74) is 2.02. The fraction of sp³-hybridized carbons (Fsp3) is 0.435. The van der Waals surface area contributed by atoms with Gasteiger partial charge in [0, 0.05) is 30.6 Å². The zero-order chi connectivity index (χ0) is 19.5. The van der Waals surface area contributed by atoms with Crippen LogP contribution < -0.4 is 14.8 Å². The van der Waals surface area contributed by atoms with E-state index in [0.29, 0.717) is 29.3 Å². The van der Waals surface area contributed by atoms with Crippen LogP contribution in [0.15, 0.2) is 48.5 Å². The van der Waals surface area contributed by atoms with Gasteiger partial charge >= 0.3 is 0 Å². The van der Waals surface area contributed by atoms with Crippen LogP contribution >= 0.6 is 0 Å². The van der Waals surface area contributed by atoms with Crippen LogP contribution in [0.5, 0.6) is 11.5 Å². The number of carbonyl (C=O) groups is 1. The minimum Gasteiger partial charge on any atom is -0.497 e. The van der Waals surface area contributed by atoms with Crippen molar-refractivity contribution in [3.63, 3.8) is 0 Å². The van der Waals surface area contributed by atoms with Gasteiger partial charge in [0.25, 0.3) is 0 Å². The number of fused-ring (bicyclic) bond motifs is 2. The number of amides is 1. The average molecular weight is 380 g/mol. The average Bonchev–Trinajstić information content (AvgIpc) is 2.95. The summed E-state index contributed by atoms with van der Waals surface area (Å²) >= 11 is 0. The third-order valence-electron chi connectivity index (χ3n) is 6.13. The van der Waals surface area contributed by atoms with Crippen molar-refractivity contribution in [2.75, 3.05) is 19.5 Å². The van der Waals surface area contributed by atoms with E-state index in [1.165, 1.54) is 18.4 Å². The van der Waals surface area contributed by atoms with Crippen LogP contribution in [0.4, 0.5) is 5.69 Å². The molecule has 2 fully saturated rings. The van der Waals surface area contributed by atoms with Crippen molar-refractivity contribution >= 4 is 11.6 Å². The summed E-state index contributed by atoms with van der Waals surface area (Å²) in [5.74, 6) is 1.48. The number of hydrogen-bond acceptors (Lipinski definition) is 4. The van der Waals surface area contributed by atoms with Crippen molar-refractivity contribution < 1.29 is 14.3 Å². The molecule has 148 valence electrons. The van der Waals surface area contributed by atoms with Crippen molar-refractivity contribution in [2.24, 2.45) is 5.92 Å². The van der Waals surface area contributed by atoms with E-state index in [0.717, 1.165) is 19.4 Å². The number of piperidine rings is 1. The number of ether oxygens (including phenoxy) is 2. The Morgan fingerprint density at radius 3 is 2.39 bits per heavy atom. The van der Waals surface area contributed by atoms with Gasteiger partial charge in [-0.25, -0.2) is 0 Å². The van der Waals surface area contributed by atoms with Gasteiger partial charge < -0.3 is 14.8 Å². The van der Waals surface area contributed by atoms with E-state index in [9.17, 15) is 4.79 Å². The molecule has 5 heteroatoms. The fourth-order valence-electron chi connectivity index (χ4n) is 4.69. The molecule has 28 heavy (non-hydrogen) atoms. The normalized spacial score (nSPS) is 24.0. The summed E-state index contributed by atoms with van der Waals surface area (Å²) in [4.78, 5) is 15.6. The predicted octanol–water partition coefficient (Wildman–Crippen LogP) is 4.09. The first-order chi connectivity index (χ1) is 13.7. The lowest BCUT2D eigenvalue weighted by molar-refractivity contribution is -0.122. The van der Waals surface area contributed by atoms with E-state index >= 15 is 0 Å². The molecule has 2 aliphatic rings. The summed E-state index contributed by atoms with van der Waals surface area (Å²) in [6, 6.07) is 17.1. The molecule has 2 atom stereocenters. The molecule has 1 amide bonds. The molecule has 2 aromatic carbocycles. The van der Waals surface area contributed by atoms with Crippen LogP contribution in [-0.4, -0.2) is 37.1 Å². The van der Waals surface area contributed by atoms with Crippen molar-refractivity contribution in [3.8, 4) is 11.5 Å². The topological polar surface area (TPSA) is 50.8 Å². The molecule has 0 saturated carbocycles. The number of hydrogen-bond donors (Lipinski definition) is 1. The van der Waals surface area contributed by atoms with Crippen molar-refractivity contribution in [1.29, 1.82) is 0 Å². The van der Waals surface area contributed by atoms with Crippen LogP contribution in [0.3, 0.4) is 0 Å². The second-order valence-electron chi connectivity index (χ2n) is 7.77. The molecule has 2 unspecified atom stereocenters. The Labute approximate surface area is 166 Å². The number of nitrogens with zero attached hydrogens (tertiary/aromatic N) is 1. The smallest absolute Gasteiger partial charge is 0.227 e. The maximum Gasteiger partial charge on any atom is 0.227 e. The first kappa shape index (κ1) is 18.8. The second kappa shape index (κ2) is 8.23. The van der Waals surface area contributed by atoms with E-state index < -0.39 is 0 Å². The number of carbonyl (C=O) groups excluding carboxylic acids is 1. The monoisotopic (exact) mass is 380 g/mol. The van der Waals surface area contributed by atoms with Gasteiger partial charge in [0.15, 0.2) is 0 Å². The Hall–Kier alpha value is -2.53. The molecule has 2 aromatic rings. The number of nitrogens with one attached hydrogen (secondary N) is 1. The Morgan fingerprint density at radius 2 is 1.75 bits per heavy atom. The Balaban J connectivity index is 1.42. The third kappa shape index (κ3) is 3.85. The van der Waals surface area contributed by atoms with Gasteiger partial charge in [0.1, 0.15) is 11.5 Å². The van der Waals surface area contributed by atoms with Gasteiger partial charge in [-0.1, -0.05) is 30.3 Å². The van der Waals surface area contributed by atoms with Gasteiger partial charge in [0.05, 0.1) is 19.9 Å². The van der Waals surface area contributed by atoms with E-state index in [4.69, 9.17) is 9.47 Å². The van der Waals surface area contributed by atoms with Crippen LogP contribution in [0.25, 0.3) is 0 Å². The predicted molar refractivity (Wildman–Crippen MR) is 110 cm³/mol. The lowest BCUT2D eigenvalue weighted by atomic mass is 9.89. The number of benzene rings is 2. The summed E-state index contributed by atoms with van der Waals surface area (Å²) < 4.78 is 10.7. The molecular weight excluding hydrogens is 352 g/mol. The Kier molecular flexibility index (Phi) is 5.53. The van der Waals surface area contributed by atoms with Gasteiger partial charge in [-0.2, -0.15) is 0 Å². The molecule has 2 heterocycles. The minimum atomic E-state index is 0.0421. The highest BCUT2D eigenvalue weighted by atomic mass is 16.5. The molecule has 0 spiro atoms. The molecule has 0 aliphatic carbocycles. The summed E-state index contributed by atoms with van der Waals surface area (Å²) in [5, 5.41) is 3.08. The van der Waals surface area contributed by atoms with E-state index in [-0.39, 0.29) is 11.8 Å². The largest absolute Gasteiger partial charge is 0.497 e. The molecule has 2 bridgehead atoms. The molecule has 0 aromatic heterocycles. The highest BCUT2D eigenvalue weighted by Crippen LogP contribution is 2.40. The highest BCUT2D eigenvalue weighted by molar-refractivity contribution is 5.94. The molecule has 2 aliphatic heterocycles. The van der Waals surface area contributed by atoms with Gasteiger partial charge in [0.2, 0.25) is 5.91 Å². The van der Waals surface area contributed by atoms with Gasteiger partial charge in [-0.15, -0.1) is 0 Å². The summed E-state index contributed by atoms with van der Waals surface area (Å²) in [6.07, 6.45) is 4.20. The first-order valence-electron chi connectivity index (χ1n) is 10.0. The number of anilines is 1. The Bertz CT molecular complexity index is 810. The van der Waals surface area contributed by atoms with E-state index in [1.54, 1.807) is 14.2 Å². The van der Waals surface area contributed by atoms with Crippen LogP contribution in [0.1, 0.15) is 31.2 Å². The van der Waals surface area contributed by atoms with Crippen molar-refractivity contribution in [2.45, 2.75) is 44.3 Å². The van der Waals surface area contributed by atoms with E-state index in [2.05, 4.69) is 40.5 Å². The van der Waals surface area contributed by atoms with Crippen LogP contribution in [0, 0.1) is 5.92 Å². The first-order valence-corrected chi connectivity index (χ1v) is 10.0. The molecule has 4 rings (SSSR count). The lowest BCUT2D eigenvalue weighted by Crippen LogP contribution is -2.45. The molecular formula is C23H28N2O3. The van der Waals surface area contributed by atoms with Crippen LogP contribution in [-0.2, 0) is 11.3 Å². The molecule has 2 saturated heterocycles. The summed E-state index contributed by atoms with van der Waals surface area (Å²) in [6.45, 7) is 0.980. The van der Waals surface area contributed by atoms with Gasteiger partial charge in [-0.3, -0.25) is 9.69 Å². The number of methoxy groups -OCH3 is 2. The van der Waals surface area contributed by atoms with E-state index in [1.807, 2.05) is 18.2 Å². The zero-order valence-corrected chi connectivity index (χ0v) is 16.6. The zero-order valence-electron chi connectivity index (χ0n) is 16.6. The quantitative estimate of drug-likeness (QED) is 0.820. The summed E-state index contributed by atoms with van der Waals surface area (Å²) in [7, 11) is 3.23. The lowest BCUT2D eigenvalue weighted by Gasteiger charge is -2.38. The van der Waals surface area contributed by atoms with Gasteiger partial charge in [-0.05, 0) is 43.4 Å². The highest BCUT2D eigenvalue weighted by Gasteiger charge is 2.42. The van der Waals surface area contributed by atoms with Crippen molar-refractivity contribution in [3.05, 3.63) is 54.1 Å². The molecule has 1 N–H and O–H groups in total. The maximum atomic E-state index is 13.0. The SMILES string of the molecule is COc1ccc(OC)c(NC(=O)C2CC3CCC(C2)N3Cc2ccccc2)c1. The third-order valence-corrected chi connectivity index (χ3v) is 6.13. The van der Waals surface area contributed by atoms with Crippen LogP contribution in [0.2, 0.25) is 0 Å². The molecule has 5 nitrogen and oxygen atoms in total. The maximum absolute atomic E-state index is 13.0. The number of rotatable bonds is 6. The molecule has 0 radical (unpaired) electrons. The Morgan fingerprint density at radius 1 is 1.04 bits per heavy atom. The minimum absolute atomic E-state index is 0.0421. The van der Waals surface area contributed by atoms with Crippen molar-refractivity contribution in [1.82, 2.24) is 4.90 Å². The second-order valence-corrected chi connectivity index (χ2v) is 7.77. The fourth-order valence-corrected chi connectivity index (χ4v) is 4.69.